The Bertz CT molecular complexity index is 409. The first-order chi connectivity index (χ1) is 10.4. The smallest absolute Gasteiger partial charge is 0.202 e. The maximum Gasteiger partial charge on any atom is 0.202 e. The van der Waals surface area contributed by atoms with Gasteiger partial charge in [0.25, 0.3) is 0 Å². The average molecular weight is 309 g/mol. The molecule has 2 fully saturated rings. The number of methoxy groups -OCH3 is 1. The summed E-state index contributed by atoms with van der Waals surface area (Å²) in [6.07, 6.45) is 12.0. The van der Waals surface area contributed by atoms with Gasteiger partial charge in [-0.3, -0.25) is 0 Å². The van der Waals surface area contributed by atoms with Crippen LogP contribution in [0.3, 0.4) is 0 Å². The van der Waals surface area contributed by atoms with E-state index in [-0.39, 0.29) is 0 Å². The molecule has 0 aliphatic heterocycles. The number of nitrogens with zero attached hydrogens (tertiary/aromatic N) is 2. The van der Waals surface area contributed by atoms with E-state index in [2.05, 4.69) is 14.7 Å². The van der Waals surface area contributed by atoms with Crippen molar-refractivity contribution in [2.24, 2.45) is 11.8 Å². The Morgan fingerprint density at radius 1 is 1.14 bits per heavy atom. The molecule has 0 aromatic carbocycles. The van der Waals surface area contributed by atoms with Crippen molar-refractivity contribution in [3.8, 4) is 0 Å². The summed E-state index contributed by atoms with van der Waals surface area (Å²) in [5, 5.41) is 4.78. The molecular weight excluding hydrogens is 282 g/mol. The van der Waals surface area contributed by atoms with Gasteiger partial charge < -0.3 is 10.1 Å². The zero-order valence-corrected chi connectivity index (χ0v) is 13.8. The van der Waals surface area contributed by atoms with Gasteiger partial charge in [0.05, 0.1) is 6.61 Å². The summed E-state index contributed by atoms with van der Waals surface area (Å²) in [5.74, 6) is 2.61. The maximum atomic E-state index is 5.10. The van der Waals surface area contributed by atoms with Gasteiger partial charge in [-0.2, -0.15) is 4.37 Å². The first-order valence-electron chi connectivity index (χ1n) is 8.45. The van der Waals surface area contributed by atoms with E-state index in [1.54, 1.807) is 7.11 Å². The Morgan fingerprint density at radius 2 is 1.76 bits per heavy atom. The van der Waals surface area contributed by atoms with Crippen molar-refractivity contribution in [2.75, 3.05) is 19.0 Å². The molecule has 2 aliphatic carbocycles. The monoisotopic (exact) mass is 309 g/mol. The molecule has 1 aromatic heterocycles. The second-order valence-corrected chi connectivity index (χ2v) is 7.27. The van der Waals surface area contributed by atoms with Crippen molar-refractivity contribution in [2.45, 2.75) is 63.8 Å². The quantitative estimate of drug-likeness (QED) is 0.830. The van der Waals surface area contributed by atoms with Crippen LogP contribution in [-0.2, 0) is 11.2 Å². The highest BCUT2D eigenvalue weighted by molar-refractivity contribution is 7.09. The van der Waals surface area contributed by atoms with Crippen molar-refractivity contribution in [1.82, 2.24) is 9.36 Å². The largest absolute Gasteiger partial charge is 0.384 e. The average Bonchev–Trinajstić information content (AvgIpc) is 3.23. The zero-order valence-electron chi connectivity index (χ0n) is 13.0. The number of ether oxygens (including phenoxy) is 1. The molecule has 0 unspecified atom stereocenters. The highest BCUT2D eigenvalue weighted by Gasteiger charge is 2.33. The minimum Gasteiger partial charge on any atom is -0.384 e. The van der Waals surface area contributed by atoms with E-state index in [1.165, 1.54) is 62.9 Å². The summed E-state index contributed by atoms with van der Waals surface area (Å²) in [6.45, 7) is 0.699. The Hall–Kier alpha value is -0.680. The molecule has 1 heterocycles. The minimum absolute atomic E-state index is 0.623. The van der Waals surface area contributed by atoms with Crippen LogP contribution in [0.5, 0.6) is 0 Å². The molecule has 21 heavy (non-hydrogen) atoms. The fraction of sp³-hybridized carbons (Fsp3) is 0.875. The van der Waals surface area contributed by atoms with Crippen molar-refractivity contribution in [3.63, 3.8) is 0 Å². The minimum atomic E-state index is 0.623. The van der Waals surface area contributed by atoms with Gasteiger partial charge in [-0.25, -0.2) is 4.98 Å². The molecule has 4 nitrogen and oxygen atoms in total. The molecule has 5 heteroatoms. The van der Waals surface area contributed by atoms with Crippen molar-refractivity contribution >= 4 is 16.7 Å². The molecule has 0 saturated heterocycles. The second-order valence-electron chi connectivity index (χ2n) is 6.52. The van der Waals surface area contributed by atoms with Gasteiger partial charge in [-0.1, -0.05) is 25.7 Å². The van der Waals surface area contributed by atoms with Gasteiger partial charge in [0.2, 0.25) is 5.13 Å². The first-order valence-corrected chi connectivity index (χ1v) is 9.22. The SMILES string of the molecule is COCCc1nsc(NC(C2CCCC2)C2CCCC2)n1. The Kier molecular flexibility index (Phi) is 5.47. The maximum absolute atomic E-state index is 5.10. The topological polar surface area (TPSA) is 47.0 Å². The van der Waals surface area contributed by atoms with E-state index in [4.69, 9.17) is 4.74 Å². The summed E-state index contributed by atoms with van der Waals surface area (Å²) in [4.78, 5) is 4.65. The summed E-state index contributed by atoms with van der Waals surface area (Å²) in [7, 11) is 1.72. The number of nitrogens with one attached hydrogen (secondary N) is 1. The number of rotatable bonds is 7. The number of hydrogen-bond donors (Lipinski definition) is 1. The molecule has 118 valence electrons. The van der Waals surface area contributed by atoms with Crippen LogP contribution in [0.15, 0.2) is 0 Å². The van der Waals surface area contributed by atoms with E-state index in [0.717, 1.165) is 29.2 Å². The predicted octanol–water partition coefficient (Wildman–Crippen LogP) is 3.89. The van der Waals surface area contributed by atoms with E-state index in [1.807, 2.05) is 0 Å². The second kappa shape index (κ2) is 7.54. The summed E-state index contributed by atoms with van der Waals surface area (Å²) in [6, 6.07) is 0.623. The fourth-order valence-corrected chi connectivity index (χ4v) is 4.66. The van der Waals surface area contributed by atoms with Crippen LogP contribution in [0.1, 0.15) is 57.2 Å². The van der Waals surface area contributed by atoms with Crippen molar-refractivity contribution < 1.29 is 4.74 Å². The van der Waals surface area contributed by atoms with Crippen LogP contribution in [0.25, 0.3) is 0 Å². The molecule has 1 N–H and O–H groups in total. The fourth-order valence-electron chi connectivity index (χ4n) is 4.00. The van der Waals surface area contributed by atoms with Crippen LogP contribution < -0.4 is 5.32 Å². The normalized spacial score (nSPS) is 20.7. The van der Waals surface area contributed by atoms with Gasteiger partial charge >= 0.3 is 0 Å². The molecule has 0 bridgehead atoms. The van der Waals surface area contributed by atoms with Crippen LogP contribution in [0, 0.1) is 11.8 Å². The molecule has 0 amide bonds. The molecule has 1 aromatic rings. The van der Waals surface area contributed by atoms with Gasteiger partial charge in [-0.05, 0) is 37.5 Å². The molecule has 2 aliphatic rings. The van der Waals surface area contributed by atoms with Crippen LogP contribution in [-0.4, -0.2) is 29.1 Å². The van der Waals surface area contributed by atoms with Crippen molar-refractivity contribution in [3.05, 3.63) is 5.82 Å². The Morgan fingerprint density at radius 3 is 2.33 bits per heavy atom. The number of anilines is 1. The highest BCUT2D eigenvalue weighted by atomic mass is 32.1. The van der Waals surface area contributed by atoms with E-state index >= 15 is 0 Å². The molecule has 0 atom stereocenters. The molecule has 3 rings (SSSR count). The van der Waals surface area contributed by atoms with E-state index < -0.39 is 0 Å². The Labute approximate surface area is 131 Å². The van der Waals surface area contributed by atoms with Gasteiger partial charge in [0, 0.05) is 31.1 Å². The summed E-state index contributed by atoms with van der Waals surface area (Å²) >= 11 is 1.52. The Balaban J connectivity index is 1.64. The third kappa shape index (κ3) is 3.95. The summed E-state index contributed by atoms with van der Waals surface area (Å²) in [5.41, 5.74) is 0. The molecular formula is C16H27N3OS. The number of aromatic nitrogens is 2. The predicted molar refractivity (Wildman–Crippen MR) is 86.8 cm³/mol. The van der Waals surface area contributed by atoms with Gasteiger partial charge in [-0.15, -0.1) is 0 Å². The molecule has 2 saturated carbocycles. The van der Waals surface area contributed by atoms with E-state index in [9.17, 15) is 0 Å². The zero-order chi connectivity index (χ0) is 14.5. The summed E-state index contributed by atoms with van der Waals surface area (Å²) < 4.78 is 9.55. The standard InChI is InChI=1S/C16H27N3OS/c1-20-11-10-14-17-16(21-19-14)18-15(12-6-2-3-7-12)13-8-4-5-9-13/h12-13,15H,2-11H2,1H3,(H,17,18,19). The van der Waals surface area contributed by atoms with Crippen LogP contribution in [0.2, 0.25) is 0 Å². The first kappa shape index (κ1) is 15.2. The lowest BCUT2D eigenvalue weighted by Crippen LogP contribution is -2.34. The lowest BCUT2D eigenvalue weighted by molar-refractivity contribution is 0.201. The van der Waals surface area contributed by atoms with Gasteiger partial charge in [0.15, 0.2) is 0 Å². The van der Waals surface area contributed by atoms with E-state index in [0.29, 0.717) is 12.6 Å². The van der Waals surface area contributed by atoms with Crippen molar-refractivity contribution in [1.29, 1.82) is 0 Å². The lowest BCUT2D eigenvalue weighted by Gasteiger charge is -2.29. The molecule has 0 spiro atoms. The van der Waals surface area contributed by atoms with Gasteiger partial charge in [0.1, 0.15) is 5.82 Å². The third-order valence-electron chi connectivity index (χ3n) is 5.10. The van der Waals surface area contributed by atoms with Crippen LogP contribution in [0.4, 0.5) is 5.13 Å². The third-order valence-corrected chi connectivity index (χ3v) is 5.79. The number of hydrogen-bond acceptors (Lipinski definition) is 5. The van der Waals surface area contributed by atoms with Crippen LogP contribution >= 0.6 is 11.5 Å². The highest BCUT2D eigenvalue weighted by Crippen LogP contribution is 2.39. The lowest BCUT2D eigenvalue weighted by atomic mass is 9.86. The molecule has 0 radical (unpaired) electrons.